The molecule has 0 unspecified atom stereocenters. The molecule has 1 saturated heterocycles. The number of carbonyl (C=O) groups excluding carboxylic acids is 1. The molecule has 0 radical (unpaired) electrons. The van der Waals surface area contributed by atoms with Crippen molar-refractivity contribution in [3.05, 3.63) is 35.9 Å². The number of halogens is 1. The number of hydrogen-bond donors (Lipinski definition) is 0. The highest BCUT2D eigenvalue weighted by molar-refractivity contribution is 6.19. The quantitative estimate of drug-likeness (QED) is 0.555. The lowest BCUT2D eigenvalue weighted by atomic mass is 10.2. The first-order valence-corrected chi connectivity index (χ1v) is 4.81. The maximum atomic E-state index is 11.2. The summed E-state index contributed by atoms with van der Waals surface area (Å²) in [6.45, 7) is 0. The van der Waals surface area contributed by atoms with Crippen molar-refractivity contribution in [3.63, 3.8) is 0 Å². The minimum Gasteiger partial charge on any atom is -0.429 e. The molecule has 1 fully saturated rings. The minimum atomic E-state index is -0.637. The molecule has 1 aromatic carbocycles. The first-order valence-electron chi connectivity index (χ1n) is 4.28. The van der Waals surface area contributed by atoms with Crippen LogP contribution < -0.4 is 0 Å². The normalized spacial score (nSPS) is 26.2. The van der Waals surface area contributed by atoms with Crippen molar-refractivity contribution < 1.29 is 14.3 Å². The second kappa shape index (κ2) is 3.98. The van der Waals surface area contributed by atoms with Crippen LogP contribution >= 0.6 is 11.6 Å². The molecule has 0 saturated carbocycles. The highest BCUT2D eigenvalue weighted by Gasteiger charge is 2.35. The van der Waals surface area contributed by atoms with E-state index in [1.807, 2.05) is 30.3 Å². The van der Waals surface area contributed by atoms with E-state index in [1.54, 1.807) is 0 Å². The number of cyclic esters (lactones) is 1. The zero-order valence-corrected chi connectivity index (χ0v) is 8.11. The Balaban J connectivity index is 2.13. The molecule has 0 aromatic heterocycles. The van der Waals surface area contributed by atoms with Gasteiger partial charge in [-0.25, -0.2) is 4.79 Å². The second-order valence-corrected chi connectivity index (χ2v) is 3.27. The van der Waals surface area contributed by atoms with Gasteiger partial charge in [0.15, 0.2) is 6.10 Å². The predicted octanol–water partition coefficient (Wildman–Crippen LogP) is 1.87. The number of benzene rings is 1. The molecule has 1 heterocycles. The summed E-state index contributed by atoms with van der Waals surface area (Å²) >= 11 is 5.53. The third kappa shape index (κ3) is 1.74. The van der Waals surface area contributed by atoms with Crippen molar-refractivity contribution >= 4 is 17.6 Å². The molecule has 0 bridgehead atoms. The lowest BCUT2D eigenvalue weighted by Crippen LogP contribution is -2.17. The van der Waals surface area contributed by atoms with Gasteiger partial charge in [0, 0.05) is 5.56 Å². The molecular weight excluding hydrogens is 204 g/mol. The highest BCUT2D eigenvalue weighted by atomic mass is 35.5. The Morgan fingerprint density at radius 1 is 1.29 bits per heavy atom. The molecule has 1 aliphatic heterocycles. The number of rotatable bonds is 2. The summed E-state index contributed by atoms with van der Waals surface area (Å²) in [6.07, 6.45) is -1.24. The largest absolute Gasteiger partial charge is 0.429 e. The van der Waals surface area contributed by atoms with E-state index in [0.29, 0.717) is 0 Å². The van der Waals surface area contributed by atoms with Gasteiger partial charge >= 0.3 is 5.97 Å². The fraction of sp³-hybridized carbons (Fsp3) is 0.300. The van der Waals surface area contributed by atoms with Crippen molar-refractivity contribution in [1.29, 1.82) is 0 Å². The van der Waals surface area contributed by atoms with Gasteiger partial charge in [-0.3, -0.25) is 0 Å². The number of ether oxygens (including phenoxy) is 2. The van der Waals surface area contributed by atoms with Crippen LogP contribution in [0.3, 0.4) is 0 Å². The van der Waals surface area contributed by atoms with Gasteiger partial charge < -0.3 is 9.47 Å². The number of esters is 1. The summed E-state index contributed by atoms with van der Waals surface area (Å²) < 4.78 is 10.3. The van der Waals surface area contributed by atoms with Crippen molar-refractivity contribution in [2.45, 2.75) is 12.4 Å². The van der Waals surface area contributed by atoms with Gasteiger partial charge in [0.05, 0.1) is 5.88 Å². The smallest absolute Gasteiger partial charge is 0.339 e. The van der Waals surface area contributed by atoms with Gasteiger partial charge in [0.25, 0.3) is 0 Å². The van der Waals surface area contributed by atoms with Crippen molar-refractivity contribution in [2.75, 3.05) is 5.88 Å². The van der Waals surface area contributed by atoms with E-state index in [-0.39, 0.29) is 5.88 Å². The molecule has 14 heavy (non-hydrogen) atoms. The number of carbonyl (C=O) groups is 1. The summed E-state index contributed by atoms with van der Waals surface area (Å²) in [7, 11) is 0. The third-order valence-electron chi connectivity index (χ3n) is 1.99. The zero-order valence-electron chi connectivity index (χ0n) is 7.35. The fourth-order valence-electron chi connectivity index (χ4n) is 1.27. The topological polar surface area (TPSA) is 35.5 Å². The Hall–Kier alpha value is -1.06. The zero-order chi connectivity index (χ0) is 9.97. The summed E-state index contributed by atoms with van der Waals surface area (Å²) in [4.78, 5) is 11.2. The second-order valence-electron chi connectivity index (χ2n) is 2.96. The highest BCUT2D eigenvalue weighted by Crippen LogP contribution is 2.27. The van der Waals surface area contributed by atoms with E-state index >= 15 is 0 Å². The Morgan fingerprint density at radius 2 is 2.00 bits per heavy atom. The molecule has 3 nitrogen and oxygen atoms in total. The van der Waals surface area contributed by atoms with Crippen molar-refractivity contribution in [3.8, 4) is 0 Å². The molecule has 1 aromatic rings. The van der Waals surface area contributed by atoms with E-state index in [0.717, 1.165) is 5.56 Å². The Kier molecular flexibility index (Phi) is 2.70. The van der Waals surface area contributed by atoms with Crippen LogP contribution in [-0.4, -0.2) is 18.0 Å². The molecule has 1 aliphatic rings. The monoisotopic (exact) mass is 212 g/mol. The van der Waals surface area contributed by atoms with Gasteiger partial charge in [-0.2, -0.15) is 0 Å². The van der Waals surface area contributed by atoms with E-state index in [9.17, 15) is 4.79 Å². The standard InChI is InChI=1S/C10H9ClO3/c11-6-8-9(12)14-10(13-8)7-4-2-1-3-5-7/h1-5,8,10H,6H2/t8-,10+/m1/s1. The van der Waals surface area contributed by atoms with Crippen molar-refractivity contribution in [2.24, 2.45) is 0 Å². The number of hydrogen-bond acceptors (Lipinski definition) is 3. The molecular formula is C10H9ClO3. The molecule has 0 aliphatic carbocycles. The molecule has 4 heteroatoms. The fourth-order valence-corrected chi connectivity index (χ4v) is 1.47. The lowest BCUT2D eigenvalue weighted by Gasteiger charge is -2.08. The van der Waals surface area contributed by atoms with Gasteiger partial charge in [0.2, 0.25) is 6.29 Å². The van der Waals surface area contributed by atoms with Crippen LogP contribution in [0.4, 0.5) is 0 Å². The summed E-state index contributed by atoms with van der Waals surface area (Å²) in [5.74, 6) is -0.267. The number of alkyl halides is 1. The van der Waals surface area contributed by atoms with Crippen LogP contribution in [0.25, 0.3) is 0 Å². The summed E-state index contributed by atoms with van der Waals surface area (Å²) in [6, 6.07) is 9.30. The third-order valence-corrected chi connectivity index (χ3v) is 2.27. The molecule has 2 atom stereocenters. The van der Waals surface area contributed by atoms with Gasteiger partial charge in [-0.15, -0.1) is 11.6 Å². The van der Waals surface area contributed by atoms with E-state index in [2.05, 4.69) is 0 Å². The predicted molar refractivity (Wildman–Crippen MR) is 50.9 cm³/mol. The maximum absolute atomic E-state index is 11.2. The Labute approximate surface area is 86.6 Å². The van der Waals surface area contributed by atoms with E-state index in [4.69, 9.17) is 21.1 Å². The van der Waals surface area contributed by atoms with Crippen LogP contribution in [0.1, 0.15) is 11.9 Å². The van der Waals surface area contributed by atoms with E-state index in [1.165, 1.54) is 0 Å². The lowest BCUT2D eigenvalue weighted by molar-refractivity contribution is -0.144. The maximum Gasteiger partial charge on any atom is 0.339 e. The Bertz CT molecular complexity index is 325. The molecule has 2 rings (SSSR count). The molecule has 74 valence electrons. The average molecular weight is 213 g/mol. The molecule has 0 amide bonds. The summed E-state index contributed by atoms with van der Waals surface area (Å²) in [5.41, 5.74) is 0.827. The van der Waals surface area contributed by atoms with Crippen LogP contribution in [0.15, 0.2) is 30.3 Å². The first-order chi connectivity index (χ1) is 6.81. The van der Waals surface area contributed by atoms with Crippen LogP contribution in [0, 0.1) is 0 Å². The average Bonchev–Trinajstić information content (AvgIpc) is 2.61. The SMILES string of the molecule is O=C1O[C@@H](c2ccccc2)O[C@@H]1CCl. The van der Waals surface area contributed by atoms with Gasteiger partial charge in [-0.05, 0) is 0 Å². The van der Waals surface area contributed by atoms with Gasteiger partial charge in [0.1, 0.15) is 0 Å². The Morgan fingerprint density at radius 3 is 2.57 bits per heavy atom. The van der Waals surface area contributed by atoms with Crippen LogP contribution in [0.5, 0.6) is 0 Å². The van der Waals surface area contributed by atoms with Crippen molar-refractivity contribution in [1.82, 2.24) is 0 Å². The van der Waals surface area contributed by atoms with E-state index < -0.39 is 18.4 Å². The summed E-state index contributed by atoms with van der Waals surface area (Å²) in [5, 5.41) is 0. The van der Waals surface area contributed by atoms with Gasteiger partial charge in [-0.1, -0.05) is 30.3 Å². The molecule has 0 spiro atoms. The molecule has 0 N–H and O–H groups in total. The van der Waals surface area contributed by atoms with Crippen LogP contribution in [-0.2, 0) is 14.3 Å². The minimum absolute atomic E-state index is 0.127. The van der Waals surface area contributed by atoms with Crippen LogP contribution in [0.2, 0.25) is 0 Å². The first kappa shape index (κ1) is 9.49.